The summed E-state index contributed by atoms with van der Waals surface area (Å²) in [5.74, 6) is 0.203. The first kappa shape index (κ1) is 9.76. The van der Waals surface area contributed by atoms with Crippen LogP contribution >= 0.6 is 10.7 Å². The molecule has 0 radical (unpaired) electrons. The molecule has 0 amide bonds. The zero-order valence-electron chi connectivity index (χ0n) is 7.07. The molecule has 0 unspecified atom stereocenters. The van der Waals surface area contributed by atoms with E-state index in [0.29, 0.717) is 13.0 Å². The van der Waals surface area contributed by atoms with Crippen LogP contribution in [-0.4, -0.2) is 15.0 Å². The molecule has 1 aromatic rings. The van der Waals surface area contributed by atoms with Crippen molar-refractivity contribution in [1.29, 1.82) is 0 Å². The molecule has 1 aromatic carbocycles. The van der Waals surface area contributed by atoms with E-state index in [1.54, 1.807) is 12.1 Å². The van der Waals surface area contributed by atoms with Crippen LogP contribution < -0.4 is 4.89 Å². The Morgan fingerprint density at radius 3 is 2.86 bits per heavy atom. The lowest BCUT2D eigenvalue weighted by atomic mass is 10.1. The highest BCUT2D eigenvalue weighted by Gasteiger charge is 2.23. The van der Waals surface area contributed by atoms with Gasteiger partial charge in [0.25, 0.3) is 9.05 Å². The Balaban J connectivity index is 2.62. The van der Waals surface area contributed by atoms with E-state index in [1.165, 1.54) is 6.07 Å². The van der Waals surface area contributed by atoms with Gasteiger partial charge in [-0.3, -0.25) is 0 Å². The van der Waals surface area contributed by atoms with Gasteiger partial charge in [0, 0.05) is 22.7 Å². The van der Waals surface area contributed by atoms with Gasteiger partial charge in [0.1, 0.15) is 4.90 Å². The van der Waals surface area contributed by atoms with Crippen LogP contribution in [-0.2, 0) is 20.4 Å². The minimum Gasteiger partial charge on any atom is -0.336 e. The Morgan fingerprint density at radius 1 is 1.36 bits per heavy atom. The largest absolute Gasteiger partial charge is 0.336 e. The first-order valence-electron chi connectivity index (χ1n) is 3.95. The quantitative estimate of drug-likeness (QED) is 0.546. The minimum absolute atomic E-state index is 0.0450. The predicted octanol–water partition coefficient (Wildman–Crippen LogP) is 1.48. The molecule has 1 aliphatic rings. The molecule has 0 aliphatic carbocycles. The first-order valence-corrected chi connectivity index (χ1v) is 6.26. The maximum Gasteiger partial charge on any atom is 0.265 e. The van der Waals surface area contributed by atoms with Crippen molar-refractivity contribution < 1.29 is 18.2 Å². The summed E-state index contributed by atoms with van der Waals surface area (Å²) >= 11 is 0. The second-order valence-electron chi connectivity index (χ2n) is 2.84. The molecule has 1 heterocycles. The number of rotatable bonds is 1. The third kappa shape index (κ3) is 1.70. The molecule has 0 saturated heterocycles. The summed E-state index contributed by atoms with van der Waals surface area (Å²) in [5.41, 5.74) is 0.790. The molecule has 0 N–H and O–H groups in total. The number of para-hydroxylation sites is 1. The van der Waals surface area contributed by atoms with E-state index in [-0.39, 0.29) is 10.6 Å². The Hall–Kier alpha value is -0.780. The second kappa shape index (κ2) is 3.42. The molecular weight excluding hydrogens is 228 g/mol. The van der Waals surface area contributed by atoms with E-state index < -0.39 is 9.05 Å². The highest BCUT2D eigenvalue weighted by Crippen LogP contribution is 2.32. The fourth-order valence-electron chi connectivity index (χ4n) is 1.30. The zero-order valence-corrected chi connectivity index (χ0v) is 8.64. The Bertz CT molecular complexity index is 454. The molecule has 0 aromatic heterocycles. The van der Waals surface area contributed by atoms with Gasteiger partial charge in [-0.25, -0.2) is 8.42 Å². The van der Waals surface area contributed by atoms with Gasteiger partial charge in [0.05, 0.1) is 6.61 Å². The van der Waals surface area contributed by atoms with E-state index in [2.05, 4.69) is 0 Å². The average molecular weight is 235 g/mol. The maximum atomic E-state index is 11.1. The molecule has 14 heavy (non-hydrogen) atoms. The van der Waals surface area contributed by atoms with Crippen LogP contribution in [0.4, 0.5) is 0 Å². The lowest BCUT2D eigenvalue weighted by Gasteiger charge is -2.16. The Labute approximate surface area is 85.7 Å². The van der Waals surface area contributed by atoms with Crippen molar-refractivity contribution in [2.24, 2.45) is 0 Å². The highest BCUT2D eigenvalue weighted by atomic mass is 35.7. The van der Waals surface area contributed by atoms with E-state index in [1.807, 2.05) is 0 Å². The lowest BCUT2D eigenvalue weighted by molar-refractivity contribution is -0.217. The van der Waals surface area contributed by atoms with Crippen LogP contribution in [0, 0.1) is 0 Å². The van der Waals surface area contributed by atoms with Gasteiger partial charge in [-0.2, -0.15) is 4.89 Å². The van der Waals surface area contributed by atoms with Gasteiger partial charge in [-0.15, -0.1) is 0 Å². The molecular formula is C8H7ClO4S. The molecule has 0 bridgehead atoms. The van der Waals surface area contributed by atoms with E-state index >= 15 is 0 Å². The summed E-state index contributed by atoms with van der Waals surface area (Å²) in [5, 5.41) is 0. The predicted molar refractivity (Wildman–Crippen MR) is 49.8 cm³/mol. The van der Waals surface area contributed by atoms with Gasteiger partial charge < -0.3 is 4.89 Å². The number of hydrogen-bond acceptors (Lipinski definition) is 4. The molecule has 1 aliphatic heterocycles. The molecule has 4 nitrogen and oxygen atoms in total. The fourth-order valence-corrected chi connectivity index (χ4v) is 2.29. The Kier molecular flexibility index (Phi) is 2.38. The second-order valence-corrected chi connectivity index (χ2v) is 5.37. The monoisotopic (exact) mass is 234 g/mol. The minimum atomic E-state index is -3.78. The van der Waals surface area contributed by atoms with Crippen LogP contribution in [0.1, 0.15) is 5.56 Å². The van der Waals surface area contributed by atoms with Gasteiger partial charge in [0.2, 0.25) is 0 Å². The zero-order chi connectivity index (χ0) is 10.2. The summed E-state index contributed by atoms with van der Waals surface area (Å²) in [6.45, 7) is 0.415. The molecule has 6 heteroatoms. The molecule has 0 atom stereocenters. The van der Waals surface area contributed by atoms with Crippen LogP contribution in [0.2, 0.25) is 0 Å². The summed E-state index contributed by atoms with van der Waals surface area (Å²) in [7, 11) is 1.46. The van der Waals surface area contributed by atoms with Crippen molar-refractivity contribution in [3.8, 4) is 5.75 Å². The van der Waals surface area contributed by atoms with Crippen LogP contribution in [0.25, 0.3) is 0 Å². The third-order valence-corrected chi connectivity index (χ3v) is 3.27. The lowest BCUT2D eigenvalue weighted by Crippen LogP contribution is -2.13. The molecule has 0 fully saturated rings. The summed E-state index contributed by atoms with van der Waals surface area (Å²) in [4.78, 5) is 9.48. The average Bonchev–Trinajstić information content (AvgIpc) is 2.15. The standard InChI is InChI=1S/C8H7ClO4S/c9-14(10,11)7-3-1-2-6-4-5-12-13-8(6)7/h1-3H,4-5H2. The van der Waals surface area contributed by atoms with Gasteiger partial charge in [-0.1, -0.05) is 12.1 Å². The summed E-state index contributed by atoms with van der Waals surface area (Å²) in [6, 6.07) is 4.79. The van der Waals surface area contributed by atoms with Crippen molar-refractivity contribution in [1.82, 2.24) is 0 Å². The van der Waals surface area contributed by atoms with Gasteiger partial charge in [-0.05, 0) is 6.07 Å². The van der Waals surface area contributed by atoms with E-state index in [0.717, 1.165) is 5.56 Å². The van der Waals surface area contributed by atoms with Crippen molar-refractivity contribution in [2.75, 3.05) is 6.61 Å². The van der Waals surface area contributed by atoms with Crippen molar-refractivity contribution >= 4 is 19.7 Å². The van der Waals surface area contributed by atoms with Crippen LogP contribution in [0.5, 0.6) is 5.75 Å². The number of hydrogen-bond donors (Lipinski definition) is 0. The van der Waals surface area contributed by atoms with Crippen molar-refractivity contribution in [3.05, 3.63) is 23.8 Å². The van der Waals surface area contributed by atoms with Crippen molar-refractivity contribution in [2.45, 2.75) is 11.3 Å². The normalized spacial score (nSPS) is 15.8. The van der Waals surface area contributed by atoms with Gasteiger partial charge in [0.15, 0.2) is 5.75 Å². The molecule has 2 rings (SSSR count). The SMILES string of the molecule is O=S(=O)(Cl)c1cccc2c1OOCC2. The summed E-state index contributed by atoms with van der Waals surface area (Å²) < 4.78 is 22.3. The van der Waals surface area contributed by atoms with Crippen molar-refractivity contribution in [3.63, 3.8) is 0 Å². The van der Waals surface area contributed by atoms with E-state index in [4.69, 9.17) is 20.5 Å². The molecule has 0 saturated carbocycles. The summed E-state index contributed by atoms with van der Waals surface area (Å²) in [6.07, 6.45) is 0.621. The van der Waals surface area contributed by atoms with E-state index in [9.17, 15) is 8.42 Å². The Morgan fingerprint density at radius 2 is 2.14 bits per heavy atom. The number of benzene rings is 1. The number of halogens is 1. The smallest absolute Gasteiger partial charge is 0.265 e. The first-order chi connectivity index (χ1) is 6.59. The fraction of sp³-hybridized carbons (Fsp3) is 0.250. The topological polar surface area (TPSA) is 52.6 Å². The van der Waals surface area contributed by atoms with Crippen LogP contribution in [0.15, 0.2) is 23.1 Å². The van der Waals surface area contributed by atoms with Crippen LogP contribution in [0.3, 0.4) is 0 Å². The van der Waals surface area contributed by atoms with Gasteiger partial charge >= 0.3 is 0 Å². The number of fused-ring (bicyclic) bond motifs is 1. The highest BCUT2D eigenvalue weighted by molar-refractivity contribution is 8.13. The molecule has 0 spiro atoms. The maximum absolute atomic E-state index is 11.1. The molecule has 76 valence electrons. The third-order valence-electron chi connectivity index (χ3n) is 1.92.